The maximum atomic E-state index is 5.99. The normalized spacial score (nSPS) is 10.5. The fraction of sp³-hybridized carbons (Fsp3) is 0.429. The Balaban J connectivity index is 0.00000338. The summed E-state index contributed by atoms with van der Waals surface area (Å²) in [7, 11) is 0. The lowest BCUT2D eigenvalue weighted by atomic mass is 10.2. The van der Waals surface area contributed by atoms with Crippen molar-refractivity contribution in [1.29, 1.82) is 0 Å². The molecule has 2 aromatic carbocycles. The van der Waals surface area contributed by atoms with E-state index in [1.165, 1.54) is 11.1 Å². The smallest absolute Gasteiger partial charge is 0.0351 e. The Kier molecular flexibility index (Phi) is 16.2. The zero-order valence-corrected chi connectivity index (χ0v) is 18.7. The summed E-state index contributed by atoms with van der Waals surface area (Å²) in [5.74, 6) is 1.34. The number of hydrogen-bond donors (Lipinski definition) is 0. The van der Waals surface area contributed by atoms with Gasteiger partial charge in [0.25, 0.3) is 0 Å². The Morgan fingerprint density at radius 3 is 1.26 bits per heavy atom. The van der Waals surface area contributed by atoms with E-state index in [0.29, 0.717) is 11.8 Å². The van der Waals surface area contributed by atoms with Crippen LogP contribution in [0.2, 0.25) is 0 Å². The molecule has 0 atom stereocenters. The summed E-state index contributed by atoms with van der Waals surface area (Å²) in [4.78, 5) is 4.87. The van der Waals surface area contributed by atoms with Crippen molar-refractivity contribution in [2.45, 2.75) is 19.5 Å². The van der Waals surface area contributed by atoms with Gasteiger partial charge in [0.05, 0.1) is 0 Å². The van der Waals surface area contributed by atoms with E-state index in [1.54, 1.807) is 0 Å². The lowest BCUT2D eigenvalue weighted by Crippen LogP contribution is -2.31. The van der Waals surface area contributed by atoms with Gasteiger partial charge in [-0.05, 0) is 30.6 Å². The molecule has 0 amide bonds. The van der Waals surface area contributed by atoms with Crippen molar-refractivity contribution in [3.63, 3.8) is 0 Å². The number of hydrogen-bond acceptors (Lipinski definition) is 2. The SMILES string of the molecule is Cl.Cl.ClCCN(CCCN(CCCl)Cc1ccccc1)Cc1ccccc1. The summed E-state index contributed by atoms with van der Waals surface area (Å²) >= 11 is 12.0. The molecule has 0 fully saturated rings. The van der Waals surface area contributed by atoms with Crippen LogP contribution in [0.15, 0.2) is 60.7 Å². The molecule has 0 N–H and O–H groups in total. The van der Waals surface area contributed by atoms with Crippen molar-refractivity contribution in [2.75, 3.05) is 37.9 Å². The van der Waals surface area contributed by atoms with Gasteiger partial charge in [0.2, 0.25) is 0 Å². The zero-order valence-electron chi connectivity index (χ0n) is 15.6. The van der Waals surface area contributed by atoms with Crippen LogP contribution in [0.3, 0.4) is 0 Å². The third-order valence-corrected chi connectivity index (χ3v) is 4.59. The summed E-state index contributed by atoms with van der Waals surface area (Å²) in [6.07, 6.45) is 1.12. The van der Waals surface area contributed by atoms with Gasteiger partial charge in [0.15, 0.2) is 0 Å². The third kappa shape index (κ3) is 11.2. The van der Waals surface area contributed by atoms with Crippen molar-refractivity contribution in [3.8, 4) is 0 Å². The summed E-state index contributed by atoms with van der Waals surface area (Å²) < 4.78 is 0. The van der Waals surface area contributed by atoms with Crippen molar-refractivity contribution >= 4 is 48.0 Å². The van der Waals surface area contributed by atoms with E-state index in [4.69, 9.17) is 23.2 Å². The molecule has 0 saturated heterocycles. The Morgan fingerprint density at radius 1 is 0.556 bits per heavy atom. The topological polar surface area (TPSA) is 6.48 Å². The van der Waals surface area contributed by atoms with Crippen LogP contribution in [-0.2, 0) is 13.1 Å². The van der Waals surface area contributed by atoms with E-state index in [-0.39, 0.29) is 24.8 Å². The summed E-state index contributed by atoms with van der Waals surface area (Å²) in [5, 5.41) is 0. The number of nitrogens with zero attached hydrogens (tertiary/aromatic N) is 2. The highest BCUT2D eigenvalue weighted by Gasteiger charge is 2.09. The lowest BCUT2D eigenvalue weighted by molar-refractivity contribution is 0.230. The molecule has 6 heteroatoms. The maximum absolute atomic E-state index is 5.99. The van der Waals surface area contributed by atoms with Gasteiger partial charge in [-0.3, -0.25) is 9.80 Å². The quantitative estimate of drug-likeness (QED) is 0.381. The van der Waals surface area contributed by atoms with E-state index in [1.807, 2.05) is 0 Å². The molecule has 2 rings (SSSR count). The van der Waals surface area contributed by atoms with Gasteiger partial charge in [-0.15, -0.1) is 48.0 Å². The molecule has 0 aromatic heterocycles. The standard InChI is InChI=1S/C21H28Cl2N2.2ClH/c22-12-16-24(18-20-8-3-1-4-9-20)14-7-15-25(17-13-23)19-21-10-5-2-6-11-21;;/h1-6,8-11H,7,12-19H2;2*1H. The molecule has 27 heavy (non-hydrogen) atoms. The predicted octanol–water partition coefficient (Wildman–Crippen LogP) is 5.70. The first-order chi connectivity index (χ1) is 12.3. The molecule has 2 nitrogen and oxygen atoms in total. The third-order valence-electron chi connectivity index (χ3n) is 4.25. The second-order valence-electron chi connectivity index (χ2n) is 6.26. The van der Waals surface area contributed by atoms with Gasteiger partial charge in [0, 0.05) is 37.9 Å². The van der Waals surface area contributed by atoms with Crippen LogP contribution in [0.25, 0.3) is 0 Å². The Hall–Kier alpha value is -0.480. The van der Waals surface area contributed by atoms with Crippen LogP contribution in [-0.4, -0.2) is 47.7 Å². The molecule has 0 radical (unpaired) electrons. The Labute approximate surface area is 186 Å². The highest BCUT2D eigenvalue weighted by molar-refractivity contribution is 6.18. The highest BCUT2D eigenvalue weighted by Crippen LogP contribution is 2.08. The second kappa shape index (κ2) is 16.5. The summed E-state index contributed by atoms with van der Waals surface area (Å²) in [5.41, 5.74) is 2.68. The van der Waals surface area contributed by atoms with Crippen LogP contribution < -0.4 is 0 Å². The Morgan fingerprint density at radius 2 is 0.926 bits per heavy atom. The first-order valence-corrected chi connectivity index (χ1v) is 10.0. The average molecular weight is 452 g/mol. The van der Waals surface area contributed by atoms with Crippen molar-refractivity contribution in [2.24, 2.45) is 0 Å². The van der Waals surface area contributed by atoms with Gasteiger partial charge in [-0.1, -0.05) is 60.7 Å². The molecule has 0 bridgehead atoms. The van der Waals surface area contributed by atoms with E-state index in [9.17, 15) is 0 Å². The number of benzene rings is 2. The van der Waals surface area contributed by atoms with Gasteiger partial charge in [-0.2, -0.15) is 0 Å². The van der Waals surface area contributed by atoms with E-state index in [2.05, 4.69) is 70.5 Å². The molecule has 0 aliphatic heterocycles. The minimum Gasteiger partial charge on any atom is -0.298 e. The first-order valence-electron chi connectivity index (χ1n) is 8.96. The number of halogens is 4. The first kappa shape index (κ1) is 26.5. The van der Waals surface area contributed by atoms with Gasteiger partial charge >= 0.3 is 0 Å². The van der Waals surface area contributed by atoms with Gasteiger partial charge in [-0.25, -0.2) is 0 Å². The highest BCUT2D eigenvalue weighted by atomic mass is 35.5. The molecular formula is C21H30Cl4N2. The zero-order chi connectivity index (χ0) is 17.7. The van der Waals surface area contributed by atoms with Crippen LogP contribution in [0.1, 0.15) is 17.5 Å². The van der Waals surface area contributed by atoms with E-state index < -0.39 is 0 Å². The van der Waals surface area contributed by atoms with Crippen LogP contribution in [0.4, 0.5) is 0 Å². The predicted molar refractivity (Wildman–Crippen MR) is 124 cm³/mol. The molecule has 0 aliphatic carbocycles. The lowest BCUT2D eigenvalue weighted by Gasteiger charge is -2.25. The summed E-state index contributed by atoms with van der Waals surface area (Å²) in [6, 6.07) is 21.2. The minimum absolute atomic E-state index is 0. The fourth-order valence-corrected chi connectivity index (χ4v) is 3.46. The monoisotopic (exact) mass is 450 g/mol. The molecule has 0 spiro atoms. The number of alkyl halides is 2. The number of rotatable bonds is 12. The minimum atomic E-state index is 0. The molecule has 0 saturated carbocycles. The van der Waals surface area contributed by atoms with Crippen molar-refractivity contribution in [1.82, 2.24) is 9.80 Å². The maximum Gasteiger partial charge on any atom is 0.0351 e. The molecular weight excluding hydrogens is 422 g/mol. The molecule has 0 aliphatic rings. The van der Waals surface area contributed by atoms with Crippen LogP contribution in [0, 0.1) is 0 Å². The van der Waals surface area contributed by atoms with Gasteiger partial charge in [0.1, 0.15) is 0 Å². The average Bonchev–Trinajstić information content (AvgIpc) is 2.64. The van der Waals surface area contributed by atoms with E-state index >= 15 is 0 Å². The van der Waals surface area contributed by atoms with E-state index in [0.717, 1.165) is 45.7 Å². The van der Waals surface area contributed by atoms with Crippen molar-refractivity contribution < 1.29 is 0 Å². The van der Waals surface area contributed by atoms with Crippen molar-refractivity contribution in [3.05, 3.63) is 71.8 Å². The second-order valence-corrected chi connectivity index (χ2v) is 7.01. The Bertz CT molecular complexity index is 517. The van der Waals surface area contributed by atoms with Gasteiger partial charge < -0.3 is 0 Å². The van der Waals surface area contributed by atoms with Crippen LogP contribution >= 0.6 is 48.0 Å². The molecule has 0 unspecified atom stereocenters. The summed E-state index contributed by atoms with van der Waals surface area (Å²) in [6.45, 7) is 5.86. The molecule has 2 aromatic rings. The fourth-order valence-electron chi connectivity index (χ4n) is 2.98. The van der Waals surface area contributed by atoms with Crippen LogP contribution in [0.5, 0.6) is 0 Å². The molecule has 152 valence electrons. The largest absolute Gasteiger partial charge is 0.298 e. The molecule has 0 heterocycles.